The molecule has 0 bridgehead atoms. The van der Waals surface area contributed by atoms with Crippen molar-refractivity contribution in [2.75, 3.05) is 31.3 Å². The number of nitrogens with zero attached hydrogens (tertiary/aromatic N) is 1. The average molecular weight is 325 g/mol. The second-order valence-electron chi connectivity index (χ2n) is 5.90. The normalized spacial score (nSPS) is 18.2. The lowest BCUT2D eigenvalue weighted by atomic mass is 10.0. The summed E-state index contributed by atoms with van der Waals surface area (Å²) in [4.78, 5) is 14.7. The molecule has 2 aromatic carbocycles. The summed E-state index contributed by atoms with van der Waals surface area (Å²) in [6.45, 7) is 3.69. The van der Waals surface area contributed by atoms with E-state index in [1.807, 2.05) is 55.5 Å². The van der Waals surface area contributed by atoms with Gasteiger partial charge < -0.3 is 19.1 Å². The summed E-state index contributed by atoms with van der Waals surface area (Å²) in [6.07, 6.45) is 0. The maximum Gasteiger partial charge on any atom is 0.292 e. The zero-order chi connectivity index (χ0) is 16.6. The summed E-state index contributed by atoms with van der Waals surface area (Å²) in [5, 5.41) is 0. The number of fused-ring (bicyclic) bond motifs is 2. The molecule has 4 rings (SSSR count). The maximum absolute atomic E-state index is 13.0. The van der Waals surface area contributed by atoms with Crippen LogP contribution in [0, 0.1) is 6.92 Å². The van der Waals surface area contributed by atoms with E-state index in [1.54, 1.807) is 4.90 Å². The molecule has 2 aliphatic rings. The fraction of sp³-hybridized carbons (Fsp3) is 0.316. The smallest absolute Gasteiger partial charge is 0.292 e. The van der Waals surface area contributed by atoms with Crippen molar-refractivity contribution in [3.8, 4) is 5.75 Å². The lowest BCUT2D eigenvalue weighted by Gasteiger charge is -2.22. The van der Waals surface area contributed by atoms with Crippen LogP contribution in [0.2, 0.25) is 0 Å². The van der Waals surface area contributed by atoms with E-state index in [0.717, 1.165) is 22.6 Å². The van der Waals surface area contributed by atoms with Crippen LogP contribution in [0.1, 0.15) is 11.1 Å². The van der Waals surface area contributed by atoms with Gasteiger partial charge in [-0.15, -0.1) is 0 Å². The van der Waals surface area contributed by atoms with Crippen molar-refractivity contribution in [3.05, 3.63) is 59.7 Å². The predicted octanol–water partition coefficient (Wildman–Crippen LogP) is 2.62. The first-order chi connectivity index (χ1) is 11.7. The van der Waals surface area contributed by atoms with Gasteiger partial charge in [0.25, 0.3) is 11.7 Å². The van der Waals surface area contributed by atoms with Crippen molar-refractivity contribution in [1.82, 2.24) is 0 Å². The number of carbonyl (C=O) groups excluding carboxylic acids is 1. The highest BCUT2D eigenvalue weighted by Gasteiger charge is 2.56. The van der Waals surface area contributed by atoms with Crippen LogP contribution >= 0.6 is 0 Å². The fourth-order valence-electron chi connectivity index (χ4n) is 3.35. The molecule has 24 heavy (non-hydrogen) atoms. The molecule has 1 saturated heterocycles. The van der Waals surface area contributed by atoms with Crippen LogP contribution in [0.25, 0.3) is 0 Å². The molecule has 0 saturated carbocycles. The third-order valence-corrected chi connectivity index (χ3v) is 4.41. The average Bonchev–Trinajstić information content (AvgIpc) is 3.18. The monoisotopic (exact) mass is 325 g/mol. The number of hydrogen-bond acceptors (Lipinski definition) is 4. The van der Waals surface area contributed by atoms with E-state index in [2.05, 4.69) is 0 Å². The van der Waals surface area contributed by atoms with Gasteiger partial charge in [-0.1, -0.05) is 36.4 Å². The Kier molecular flexibility index (Phi) is 3.75. The van der Waals surface area contributed by atoms with Gasteiger partial charge >= 0.3 is 0 Å². The largest absolute Gasteiger partial charge is 0.492 e. The molecule has 0 radical (unpaired) electrons. The van der Waals surface area contributed by atoms with E-state index < -0.39 is 5.79 Å². The third-order valence-electron chi connectivity index (χ3n) is 4.41. The molecule has 5 nitrogen and oxygen atoms in total. The number of aryl methyl sites for hydroxylation is 1. The Hall–Kier alpha value is -2.37. The van der Waals surface area contributed by atoms with E-state index in [9.17, 15) is 4.79 Å². The summed E-state index contributed by atoms with van der Waals surface area (Å²) < 4.78 is 17.2. The van der Waals surface area contributed by atoms with E-state index in [-0.39, 0.29) is 5.91 Å². The summed E-state index contributed by atoms with van der Waals surface area (Å²) in [5.41, 5.74) is 2.70. The minimum atomic E-state index is -1.27. The van der Waals surface area contributed by atoms with Crippen molar-refractivity contribution in [2.24, 2.45) is 0 Å². The van der Waals surface area contributed by atoms with Gasteiger partial charge in [-0.25, -0.2) is 0 Å². The summed E-state index contributed by atoms with van der Waals surface area (Å²) in [7, 11) is 0. The second-order valence-corrected chi connectivity index (χ2v) is 5.90. The molecule has 0 aliphatic carbocycles. The lowest BCUT2D eigenvalue weighted by molar-refractivity contribution is -0.180. The van der Waals surface area contributed by atoms with Gasteiger partial charge in [0.2, 0.25) is 0 Å². The highest BCUT2D eigenvalue weighted by atomic mass is 16.7. The molecular formula is C19H19NO4. The summed E-state index contributed by atoms with van der Waals surface area (Å²) in [5.74, 6) is -0.646. The number of carbonyl (C=O) groups is 1. The van der Waals surface area contributed by atoms with Gasteiger partial charge in [-0.2, -0.15) is 0 Å². The Morgan fingerprint density at radius 2 is 1.83 bits per heavy atom. The highest BCUT2D eigenvalue weighted by molar-refractivity contribution is 6.07. The SMILES string of the molecule is Cc1cccc2c1N(CCOc1ccccc1)C(=O)C21OCCO1. The van der Waals surface area contributed by atoms with Gasteiger partial charge in [0.05, 0.1) is 25.4 Å². The van der Waals surface area contributed by atoms with Crippen molar-refractivity contribution in [1.29, 1.82) is 0 Å². The van der Waals surface area contributed by atoms with E-state index in [1.165, 1.54) is 0 Å². The second kappa shape index (κ2) is 5.92. The molecule has 1 fully saturated rings. The molecule has 0 N–H and O–H groups in total. The maximum atomic E-state index is 13.0. The van der Waals surface area contributed by atoms with Crippen LogP contribution in [0.3, 0.4) is 0 Å². The van der Waals surface area contributed by atoms with Crippen LogP contribution < -0.4 is 9.64 Å². The van der Waals surface area contributed by atoms with Crippen LogP contribution in [-0.4, -0.2) is 32.3 Å². The van der Waals surface area contributed by atoms with Crippen LogP contribution in [-0.2, 0) is 20.1 Å². The zero-order valence-electron chi connectivity index (χ0n) is 13.5. The van der Waals surface area contributed by atoms with E-state index in [4.69, 9.17) is 14.2 Å². The number of ether oxygens (including phenoxy) is 3. The van der Waals surface area contributed by atoms with E-state index in [0.29, 0.717) is 26.4 Å². The van der Waals surface area contributed by atoms with Crippen molar-refractivity contribution in [2.45, 2.75) is 12.7 Å². The molecule has 0 atom stereocenters. The molecular weight excluding hydrogens is 306 g/mol. The molecule has 1 amide bonds. The molecule has 5 heteroatoms. The number of para-hydroxylation sites is 2. The fourth-order valence-corrected chi connectivity index (χ4v) is 3.35. The highest BCUT2D eigenvalue weighted by Crippen LogP contribution is 2.46. The number of rotatable bonds is 4. The zero-order valence-corrected chi connectivity index (χ0v) is 13.5. The van der Waals surface area contributed by atoms with Gasteiger partial charge in [0.15, 0.2) is 0 Å². The summed E-state index contributed by atoms with van der Waals surface area (Å²) >= 11 is 0. The Morgan fingerprint density at radius 3 is 2.58 bits per heavy atom. The topological polar surface area (TPSA) is 48.0 Å². The first-order valence-electron chi connectivity index (χ1n) is 8.10. The molecule has 124 valence electrons. The number of hydrogen-bond donors (Lipinski definition) is 0. The molecule has 2 aromatic rings. The standard InChI is InChI=1S/C19H19NO4/c1-14-6-5-9-16-17(14)20(18(21)19(16)23-12-13-24-19)10-11-22-15-7-3-2-4-8-15/h2-9H,10-13H2,1H3. The van der Waals surface area contributed by atoms with Gasteiger partial charge in [-0.3, -0.25) is 4.79 Å². The van der Waals surface area contributed by atoms with Gasteiger partial charge in [-0.05, 0) is 24.6 Å². The third kappa shape index (κ3) is 2.28. The Balaban J connectivity index is 1.58. The van der Waals surface area contributed by atoms with Crippen LogP contribution in [0.4, 0.5) is 5.69 Å². The predicted molar refractivity (Wildman–Crippen MR) is 89.1 cm³/mol. The quantitative estimate of drug-likeness (QED) is 0.867. The van der Waals surface area contributed by atoms with Crippen LogP contribution in [0.5, 0.6) is 5.75 Å². The van der Waals surface area contributed by atoms with Crippen LogP contribution in [0.15, 0.2) is 48.5 Å². The Morgan fingerprint density at radius 1 is 1.08 bits per heavy atom. The molecule has 1 spiro atoms. The van der Waals surface area contributed by atoms with Crippen molar-refractivity contribution in [3.63, 3.8) is 0 Å². The minimum Gasteiger partial charge on any atom is -0.492 e. The molecule has 0 unspecified atom stereocenters. The molecule has 2 aliphatic heterocycles. The minimum absolute atomic E-state index is 0.166. The van der Waals surface area contributed by atoms with Crippen molar-refractivity contribution >= 4 is 11.6 Å². The van der Waals surface area contributed by atoms with Crippen molar-refractivity contribution < 1.29 is 19.0 Å². The number of benzene rings is 2. The van der Waals surface area contributed by atoms with E-state index >= 15 is 0 Å². The number of anilines is 1. The molecule has 0 aromatic heterocycles. The Labute approximate surface area is 140 Å². The molecule has 2 heterocycles. The first-order valence-corrected chi connectivity index (χ1v) is 8.10. The first kappa shape index (κ1) is 15.2. The van der Waals surface area contributed by atoms with Gasteiger partial charge in [0.1, 0.15) is 12.4 Å². The lowest BCUT2D eigenvalue weighted by Crippen LogP contribution is -2.42. The number of amides is 1. The van der Waals surface area contributed by atoms with Gasteiger partial charge in [0, 0.05) is 5.56 Å². The Bertz CT molecular complexity index is 753. The summed E-state index contributed by atoms with van der Waals surface area (Å²) in [6, 6.07) is 15.4.